The minimum Gasteiger partial charge on any atom is -0.289 e. The quantitative estimate of drug-likeness (QED) is 0.605. The first-order valence-electron chi connectivity index (χ1n) is 6.39. The number of hydrogen-bond acceptors (Lipinski definition) is 2. The molecule has 0 radical (unpaired) electrons. The van der Waals surface area contributed by atoms with E-state index in [1.54, 1.807) is 30.6 Å². The van der Waals surface area contributed by atoms with E-state index in [9.17, 15) is 4.79 Å². The molecule has 0 unspecified atom stereocenters. The second-order valence-electron chi connectivity index (χ2n) is 4.75. The van der Waals surface area contributed by atoms with E-state index >= 15 is 0 Å². The zero-order valence-electron chi connectivity index (χ0n) is 11.2. The van der Waals surface area contributed by atoms with Gasteiger partial charge in [-0.3, -0.25) is 9.78 Å². The molecule has 0 N–H and O–H groups in total. The highest BCUT2D eigenvalue weighted by Crippen LogP contribution is 2.15. The number of carbonyl (C=O) groups excluding carboxylic acids is 1. The summed E-state index contributed by atoms with van der Waals surface area (Å²) in [5, 5.41) is 0. The van der Waals surface area contributed by atoms with Crippen LogP contribution in [-0.4, -0.2) is 10.8 Å². The molecule has 2 nitrogen and oxygen atoms in total. The fourth-order valence-corrected chi connectivity index (χ4v) is 1.78. The topological polar surface area (TPSA) is 30.0 Å². The molecule has 2 aromatic rings. The summed E-state index contributed by atoms with van der Waals surface area (Å²) in [5.41, 5.74) is 2.99. The summed E-state index contributed by atoms with van der Waals surface area (Å²) in [7, 11) is 0. The lowest BCUT2D eigenvalue weighted by Gasteiger charge is -2.04. The number of hydrogen-bond donors (Lipinski definition) is 0. The van der Waals surface area contributed by atoms with E-state index in [2.05, 4.69) is 31.0 Å². The maximum atomic E-state index is 11.9. The Morgan fingerprint density at radius 2 is 1.68 bits per heavy atom. The van der Waals surface area contributed by atoms with E-state index < -0.39 is 0 Å². The number of ketones is 1. The molecule has 1 aromatic carbocycles. The summed E-state index contributed by atoms with van der Waals surface area (Å²) in [6.45, 7) is 4.33. The Morgan fingerprint density at radius 1 is 1.05 bits per heavy atom. The van der Waals surface area contributed by atoms with E-state index in [0.717, 1.165) is 5.56 Å². The smallest absolute Gasteiger partial charge is 0.185 e. The fraction of sp³-hybridized carbons (Fsp3) is 0.176. The van der Waals surface area contributed by atoms with Crippen molar-refractivity contribution in [1.29, 1.82) is 0 Å². The highest BCUT2D eigenvalue weighted by molar-refractivity contribution is 6.06. The first kappa shape index (κ1) is 13.2. The zero-order chi connectivity index (χ0) is 13.7. The van der Waals surface area contributed by atoms with Gasteiger partial charge in [0.2, 0.25) is 0 Å². The number of allylic oxidation sites excluding steroid dienone is 1. The van der Waals surface area contributed by atoms with Crippen LogP contribution in [-0.2, 0) is 0 Å². The largest absolute Gasteiger partial charge is 0.289 e. The van der Waals surface area contributed by atoms with Gasteiger partial charge < -0.3 is 0 Å². The van der Waals surface area contributed by atoms with Gasteiger partial charge in [-0.1, -0.05) is 44.2 Å². The molecule has 1 heterocycles. The predicted octanol–water partition coefficient (Wildman–Crippen LogP) is 4.10. The van der Waals surface area contributed by atoms with Gasteiger partial charge in [0.1, 0.15) is 0 Å². The van der Waals surface area contributed by atoms with Crippen LogP contribution in [0.25, 0.3) is 6.08 Å². The third kappa shape index (κ3) is 3.62. The van der Waals surface area contributed by atoms with E-state index in [4.69, 9.17) is 0 Å². The minimum absolute atomic E-state index is 0.00432. The number of pyridine rings is 1. The molecule has 2 heteroatoms. The van der Waals surface area contributed by atoms with Crippen molar-refractivity contribution in [2.24, 2.45) is 0 Å². The molecule has 0 saturated heterocycles. The van der Waals surface area contributed by atoms with Crippen LogP contribution in [0, 0.1) is 0 Å². The molecule has 1 aromatic heterocycles. The van der Waals surface area contributed by atoms with E-state index in [0.29, 0.717) is 11.5 Å². The lowest BCUT2D eigenvalue weighted by molar-refractivity contribution is 0.104. The Labute approximate surface area is 113 Å². The van der Waals surface area contributed by atoms with Crippen LogP contribution in [0.5, 0.6) is 0 Å². The predicted molar refractivity (Wildman–Crippen MR) is 78.1 cm³/mol. The van der Waals surface area contributed by atoms with Gasteiger partial charge in [-0.25, -0.2) is 0 Å². The number of nitrogens with zero attached hydrogens (tertiary/aromatic N) is 1. The molecule has 96 valence electrons. The number of benzene rings is 1. The summed E-state index contributed by atoms with van der Waals surface area (Å²) in [6.07, 6.45) is 6.68. The van der Waals surface area contributed by atoms with Crippen molar-refractivity contribution in [3.63, 3.8) is 0 Å². The van der Waals surface area contributed by atoms with Crippen molar-refractivity contribution in [1.82, 2.24) is 4.98 Å². The van der Waals surface area contributed by atoms with Gasteiger partial charge in [-0.05, 0) is 35.3 Å². The lowest BCUT2D eigenvalue weighted by Crippen LogP contribution is -1.93. The first-order chi connectivity index (χ1) is 9.16. The van der Waals surface area contributed by atoms with Crippen LogP contribution in [0.2, 0.25) is 0 Å². The van der Waals surface area contributed by atoms with Crippen LogP contribution in [0.15, 0.2) is 54.9 Å². The monoisotopic (exact) mass is 251 g/mol. The maximum absolute atomic E-state index is 11.9. The van der Waals surface area contributed by atoms with Gasteiger partial charge in [-0.2, -0.15) is 0 Å². The Balaban J connectivity index is 2.08. The summed E-state index contributed by atoms with van der Waals surface area (Å²) >= 11 is 0. The van der Waals surface area contributed by atoms with Crippen molar-refractivity contribution >= 4 is 11.9 Å². The number of rotatable bonds is 4. The Kier molecular flexibility index (Phi) is 4.24. The van der Waals surface area contributed by atoms with Gasteiger partial charge >= 0.3 is 0 Å². The standard InChI is InChI=1S/C17H17NO/c1-13(2)15-6-3-14(4-7-15)5-8-17(19)16-9-11-18-12-10-16/h3-13H,1-2H3. The van der Waals surface area contributed by atoms with Crippen molar-refractivity contribution in [2.45, 2.75) is 19.8 Å². The Morgan fingerprint density at radius 3 is 2.26 bits per heavy atom. The number of carbonyl (C=O) groups is 1. The zero-order valence-corrected chi connectivity index (χ0v) is 11.2. The molecule has 0 atom stereocenters. The SMILES string of the molecule is CC(C)c1ccc(C=CC(=O)c2ccncc2)cc1. The third-order valence-electron chi connectivity index (χ3n) is 3.00. The van der Waals surface area contributed by atoms with Gasteiger partial charge in [0.25, 0.3) is 0 Å². The average Bonchev–Trinajstić information content (AvgIpc) is 2.46. The fourth-order valence-electron chi connectivity index (χ4n) is 1.78. The minimum atomic E-state index is -0.00432. The molecule has 0 spiro atoms. The molecule has 0 aliphatic carbocycles. The van der Waals surface area contributed by atoms with E-state index in [1.807, 2.05) is 18.2 Å². The molecule has 0 saturated carbocycles. The summed E-state index contributed by atoms with van der Waals surface area (Å²) in [4.78, 5) is 15.8. The highest BCUT2D eigenvalue weighted by atomic mass is 16.1. The van der Waals surface area contributed by atoms with Crippen molar-refractivity contribution in [3.8, 4) is 0 Å². The lowest BCUT2D eigenvalue weighted by atomic mass is 10.0. The van der Waals surface area contributed by atoms with Crippen LogP contribution >= 0.6 is 0 Å². The second-order valence-corrected chi connectivity index (χ2v) is 4.75. The van der Waals surface area contributed by atoms with Crippen LogP contribution in [0.4, 0.5) is 0 Å². The maximum Gasteiger partial charge on any atom is 0.185 e. The van der Waals surface area contributed by atoms with Crippen molar-refractivity contribution < 1.29 is 4.79 Å². The molecule has 0 aliphatic heterocycles. The van der Waals surface area contributed by atoms with Crippen molar-refractivity contribution in [2.75, 3.05) is 0 Å². The van der Waals surface area contributed by atoms with Gasteiger partial charge in [0, 0.05) is 18.0 Å². The number of aromatic nitrogens is 1. The molecule has 19 heavy (non-hydrogen) atoms. The van der Waals surface area contributed by atoms with Crippen LogP contribution in [0.1, 0.15) is 41.3 Å². The van der Waals surface area contributed by atoms with Crippen LogP contribution in [0.3, 0.4) is 0 Å². The molecule has 0 aliphatic rings. The second kappa shape index (κ2) is 6.10. The van der Waals surface area contributed by atoms with Crippen LogP contribution < -0.4 is 0 Å². The van der Waals surface area contributed by atoms with Gasteiger partial charge in [0.05, 0.1) is 0 Å². The molecule has 2 rings (SSSR count). The highest BCUT2D eigenvalue weighted by Gasteiger charge is 2.00. The van der Waals surface area contributed by atoms with E-state index in [1.165, 1.54) is 5.56 Å². The van der Waals surface area contributed by atoms with Crippen molar-refractivity contribution in [3.05, 3.63) is 71.6 Å². The molecule has 0 fully saturated rings. The Hall–Kier alpha value is -2.22. The van der Waals surface area contributed by atoms with Gasteiger partial charge in [-0.15, -0.1) is 0 Å². The molecule has 0 amide bonds. The molecule has 0 bridgehead atoms. The Bertz CT molecular complexity index is 568. The normalized spacial score (nSPS) is 11.1. The molecular weight excluding hydrogens is 234 g/mol. The molecular formula is C17H17NO. The average molecular weight is 251 g/mol. The summed E-state index contributed by atoms with van der Waals surface area (Å²) in [5.74, 6) is 0.520. The summed E-state index contributed by atoms with van der Waals surface area (Å²) in [6, 6.07) is 11.7. The van der Waals surface area contributed by atoms with E-state index in [-0.39, 0.29) is 5.78 Å². The van der Waals surface area contributed by atoms with Gasteiger partial charge in [0.15, 0.2) is 5.78 Å². The third-order valence-corrected chi connectivity index (χ3v) is 3.00. The first-order valence-corrected chi connectivity index (χ1v) is 6.39. The summed E-state index contributed by atoms with van der Waals surface area (Å²) < 4.78 is 0.